The summed E-state index contributed by atoms with van der Waals surface area (Å²) < 4.78 is 12.4. The number of nitrogens with one attached hydrogen (secondary N) is 1. The summed E-state index contributed by atoms with van der Waals surface area (Å²) in [5, 5.41) is 14.9. The summed E-state index contributed by atoms with van der Waals surface area (Å²) >= 11 is 6.64. The van der Waals surface area contributed by atoms with Gasteiger partial charge in [0.2, 0.25) is 5.95 Å². The first-order chi connectivity index (χ1) is 17.6. The third kappa shape index (κ3) is 4.92. The van der Waals surface area contributed by atoms with Crippen LogP contribution in [0, 0.1) is 10.1 Å². The Morgan fingerprint density at radius 3 is 2.41 bits per heavy atom. The lowest BCUT2D eigenvalue weighted by Crippen LogP contribution is -2.32. The highest BCUT2D eigenvalue weighted by atomic mass is 35.5. The van der Waals surface area contributed by atoms with E-state index in [-0.39, 0.29) is 22.8 Å². The molecule has 192 valence electrons. The highest BCUT2D eigenvalue weighted by Gasteiger charge is 2.26. The lowest BCUT2D eigenvalue weighted by molar-refractivity contribution is -0.384. The summed E-state index contributed by atoms with van der Waals surface area (Å²) in [7, 11) is 4.70. The van der Waals surface area contributed by atoms with Gasteiger partial charge in [-0.25, -0.2) is 4.98 Å². The number of nitrogens with zero attached hydrogens (tertiary/aromatic N) is 4. The third-order valence-electron chi connectivity index (χ3n) is 6.22. The molecule has 1 N–H and O–H groups in total. The van der Waals surface area contributed by atoms with Gasteiger partial charge in [-0.05, 0) is 17.7 Å². The van der Waals surface area contributed by atoms with E-state index >= 15 is 0 Å². The standard InChI is InChI=1S/C26H26ClN5O5/c1-26(2,16-6-8-17(9-7-16)32(34)35)14-31-23-15(13-29-25(28-3)30-23)10-20(24(31)33)19-11-18(36-4)12-21(37-5)22(19)27/h6-13H,14H2,1-5H3,(H,28,29,30). The van der Waals surface area contributed by atoms with Crippen molar-refractivity contribution in [2.45, 2.75) is 25.8 Å². The predicted molar refractivity (Wildman–Crippen MR) is 143 cm³/mol. The van der Waals surface area contributed by atoms with Gasteiger partial charge in [-0.3, -0.25) is 19.5 Å². The van der Waals surface area contributed by atoms with Crippen molar-refractivity contribution in [1.29, 1.82) is 0 Å². The number of pyridine rings is 1. The molecule has 0 saturated heterocycles. The van der Waals surface area contributed by atoms with E-state index in [1.807, 2.05) is 13.8 Å². The maximum Gasteiger partial charge on any atom is 0.269 e. The van der Waals surface area contributed by atoms with E-state index in [1.54, 1.807) is 48.1 Å². The zero-order valence-corrected chi connectivity index (χ0v) is 21.8. The van der Waals surface area contributed by atoms with Crippen LogP contribution in [-0.4, -0.2) is 40.7 Å². The van der Waals surface area contributed by atoms with Gasteiger partial charge in [0.15, 0.2) is 0 Å². The number of benzene rings is 2. The Labute approximate surface area is 218 Å². The molecule has 0 unspecified atom stereocenters. The van der Waals surface area contributed by atoms with Crippen LogP contribution in [0.4, 0.5) is 11.6 Å². The fourth-order valence-electron chi connectivity index (χ4n) is 4.17. The summed E-state index contributed by atoms with van der Waals surface area (Å²) in [4.78, 5) is 33.6. The largest absolute Gasteiger partial charge is 0.497 e. The van der Waals surface area contributed by atoms with Gasteiger partial charge >= 0.3 is 0 Å². The molecule has 0 radical (unpaired) electrons. The number of hydrogen-bond acceptors (Lipinski definition) is 8. The second kappa shape index (κ2) is 10.1. The van der Waals surface area contributed by atoms with E-state index in [1.165, 1.54) is 26.4 Å². The van der Waals surface area contributed by atoms with Crippen molar-refractivity contribution in [2.75, 3.05) is 26.6 Å². The number of rotatable bonds is 8. The van der Waals surface area contributed by atoms with Crippen molar-refractivity contribution in [3.05, 3.63) is 79.7 Å². The van der Waals surface area contributed by atoms with E-state index in [0.29, 0.717) is 39.6 Å². The molecule has 0 spiro atoms. The summed E-state index contributed by atoms with van der Waals surface area (Å²) in [5.41, 5.74) is 1.13. The highest BCUT2D eigenvalue weighted by Crippen LogP contribution is 2.39. The third-order valence-corrected chi connectivity index (χ3v) is 6.61. The Morgan fingerprint density at radius 2 is 1.81 bits per heavy atom. The van der Waals surface area contributed by atoms with Crippen LogP contribution in [0.2, 0.25) is 5.02 Å². The molecule has 0 atom stereocenters. The molecule has 0 aliphatic carbocycles. The molecule has 11 heteroatoms. The molecular formula is C26H26ClN5O5. The Kier molecular flexibility index (Phi) is 7.04. The number of hydrogen-bond donors (Lipinski definition) is 1. The van der Waals surface area contributed by atoms with Crippen LogP contribution in [0.5, 0.6) is 11.5 Å². The van der Waals surface area contributed by atoms with Gasteiger partial charge in [-0.2, -0.15) is 4.98 Å². The molecule has 0 amide bonds. The minimum Gasteiger partial charge on any atom is -0.497 e. The normalized spacial score (nSPS) is 11.4. The number of methoxy groups -OCH3 is 2. The highest BCUT2D eigenvalue weighted by molar-refractivity contribution is 6.35. The number of nitro groups is 1. The van der Waals surface area contributed by atoms with Gasteiger partial charge in [0.1, 0.15) is 17.1 Å². The summed E-state index contributed by atoms with van der Waals surface area (Å²) in [6, 6.07) is 11.3. The van der Waals surface area contributed by atoms with Crippen LogP contribution >= 0.6 is 11.6 Å². The fraction of sp³-hybridized carbons (Fsp3) is 0.269. The van der Waals surface area contributed by atoms with Crippen LogP contribution in [0.15, 0.2) is 53.5 Å². The van der Waals surface area contributed by atoms with E-state index < -0.39 is 10.3 Å². The Bertz CT molecular complexity index is 1550. The summed E-state index contributed by atoms with van der Waals surface area (Å²) in [6.07, 6.45) is 1.64. The molecule has 0 bridgehead atoms. The SMILES string of the molecule is CNc1ncc2cc(-c3cc(OC)cc(OC)c3Cl)c(=O)n(CC(C)(C)c3ccc([N+](=O)[O-])cc3)c2n1. The average Bonchev–Trinajstić information content (AvgIpc) is 2.90. The van der Waals surface area contributed by atoms with Crippen molar-refractivity contribution in [3.63, 3.8) is 0 Å². The van der Waals surface area contributed by atoms with Gasteiger partial charge in [0.25, 0.3) is 11.2 Å². The molecular weight excluding hydrogens is 498 g/mol. The summed E-state index contributed by atoms with van der Waals surface area (Å²) in [6.45, 7) is 4.15. The van der Waals surface area contributed by atoms with Crippen LogP contribution in [0.25, 0.3) is 22.2 Å². The molecule has 0 aliphatic rings. The number of non-ortho nitro benzene ring substituents is 1. The molecule has 0 aliphatic heterocycles. The van der Waals surface area contributed by atoms with Crippen LogP contribution < -0.4 is 20.3 Å². The van der Waals surface area contributed by atoms with Gasteiger partial charge in [0.05, 0.1) is 24.2 Å². The predicted octanol–water partition coefficient (Wildman–Crippen LogP) is 5.06. The molecule has 37 heavy (non-hydrogen) atoms. The zero-order chi connectivity index (χ0) is 26.9. The number of halogens is 1. The number of aromatic nitrogens is 3. The minimum atomic E-state index is -0.592. The van der Waals surface area contributed by atoms with Crippen molar-refractivity contribution < 1.29 is 14.4 Å². The molecule has 0 saturated carbocycles. The lowest BCUT2D eigenvalue weighted by atomic mass is 9.84. The van der Waals surface area contributed by atoms with Crippen molar-refractivity contribution in [1.82, 2.24) is 14.5 Å². The fourth-order valence-corrected chi connectivity index (χ4v) is 4.46. The Balaban J connectivity index is 1.95. The molecule has 4 aromatic rings. The quantitative estimate of drug-likeness (QED) is 0.251. The Morgan fingerprint density at radius 1 is 1.11 bits per heavy atom. The van der Waals surface area contributed by atoms with Crippen LogP contribution in [0.1, 0.15) is 19.4 Å². The van der Waals surface area contributed by atoms with E-state index in [2.05, 4.69) is 15.3 Å². The maximum atomic E-state index is 14.0. The van der Waals surface area contributed by atoms with Gasteiger partial charge in [0, 0.05) is 59.9 Å². The second-order valence-corrected chi connectivity index (χ2v) is 9.43. The number of nitro benzene ring substituents is 1. The average molecular weight is 524 g/mol. The second-order valence-electron chi connectivity index (χ2n) is 9.05. The molecule has 10 nitrogen and oxygen atoms in total. The molecule has 2 aromatic carbocycles. The maximum absolute atomic E-state index is 14.0. The van der Waals surface area contributed by atoms with Crippen molar-refractivity contribution >= 4 is 34.3 Å². The monoisotopic (exact) mass is 523 g/mol. The van der Waals surface area contributed by atoms with Crippen LogP contribution in [0.3, 0.4) is 0 Å². The van der Waals surface area contributed by atoms with E-state index in [4.69, 9.17) is 21.1 Å². The number of anilines is 1. The van der Waals surface area contributed by atoms with E-state index in [9.17, 15) is 14.9 Å². The van der Waals surface area contributed by atoms with Crippen LogP contribution in [-0.2, 0) is 12.0 Å². The molecule has 4 rings (SSSR count). The molecule has 2 aromatic heterocycles. The van der Waals surface area contributed by atoms with Crippen molar-refractivity contribution in [3.8, 4) is 22.6 Å². The molecule has 2 heterocycles. The van der Waals surface area contributed by atoms with Gasteiger partial charge in [-0.1, -0.05) is 37.6 Å². The minimum absolute atomic E-state index is 0.00261. The summed E-state index contributed by atoms with van der Waals surface area (Å²) in [5.74, 6) is 1.22. The smallest absolute Gasteiger partial charge is 0.269 e. The van der Waals surface area contributed by atoms with Crippen molar-refractivity contribution in [2.24, 2.45) is 0 Å². The first kappa shape index (κ1) is 25.9. The Hall–Kier alpha value is -4.18. The van der Waals surface area contributed by atoms with Gasteiger partial charge < -0.3 is 14.8 Å². The zero-order valence-electron chi connectivity index (χ0n) is 21.0. The topological polar surface area (TPSA) is 121 Å². The van der Waals surface area contributed by atoms with E-state index in [0.717, 1.165) is 5.56 Å². The van der Waals surface area contributed by atoms with Gasteiger partial charge in [-0.15, -0.1) is 0 Å². The lowest BCUT2D eigenvalue weighted by Gasteiger charge is -2.27. The molecule has 0 fully saturated rings. The first-order valence-electron chi connectivity index (χ1n) is 11.3. The first-order valence-corrected chi connectivity index (χ1v) is 11.7. The number of fused-ring (bicyclic) bond motifs is 1. The number of ether oxygens (including phenoxy) is 2.